The zero-order chi connectivity index (χ0) is 18.5. The Morgan fingerprint density at radius 3 is 2.08 bits per heavy atom. The van der Waals surface area contributed by atoms with Crippen molar-refractivity contribution >= 4 is 11.7 Å². The first-order valence-corrected chi connectivity index (χ1v) is 7.02. The summed E-state index contributed by atoms with van der Waals surface area (Å²) in [5.41, 5.74) is -0.0120. The van der Waals surface area contributed by atoms with Crippen molar-refractivity contribution < 1.29 is 36.2 Å². The first kappa shape index (κ1) is 20.0. The zero-order valence-electron chi connectivity index (χ0n) is 13.3. The predicted molar refractivity (Wildman–Crippen MR) is 77.3 cm³/mol. The van der Waals surface area contributed by atoms with Gasteiger partial charge in [0.25, 0.3) is 0 Å². The van der Waals surface area contributed by atoms with Crippen LogP contribution in [0.25, 0.3) is 0 Å². The fourth-order valence-electron chi connectivity index (χ4n) is 1.83. The SMILES string of the molecule is COc1ccc(N[C@@H](CC(=O)OC(C)C)C(F)(F)C(F)(F)F)cc1. The Hall–Kier alpha value is -2.06. The third-order valence-electron chi connectivity index (χ3n) is 2.98. The number of methoxy groups -OCH3 is 1. The lowest BCUT2D eigenvalue weighted by Crippen LogP contribution is -2.51. The molecule has 4 nitrogen and oxygen atoms in total. The maximum atomic E-state index is 13.7. The fourth-order valence-corrected chi connectivity index (χ4v) is 1.83. The molecule has 1 rings (SSSR count). The van der Waals surface area contributed by atoms with Crippen LogP contribution in [-0.2, 0) is 9.53 Å². The number of esters is 1. The molecule has 9 heteroatoms. The molecule has 0 aliphatic heterocycles. The molecule has 0 saturated carbocycles. The van der Waals surface area contributed by atoms with E-state index in [1.807, 2.05) is 0 Å². The van der Waals surface area contributed by atoms with Crippen molar-refractivity contribution in [2.75, 3.05) is 12.4 Å². The van der Waals surface area contributed by atoms with E-state index in [4.69, 9.17) is 4.74 Å². The van der Waals surface area contributed by atoms with Gasteiger partial charge in [0.1, 0.15) is 11.8 Å². The van der Waals surface area contributed by atoms with Crippen LogP contribution in [0, 0.1) is 0 Å². The summed E-state index contributed by atoms with van der Waals surface area (Å²) in [6.07, 6.45) is -7.58. The van der Waals surface area contributed by atoms with E-state index in [1.165, 1.54) is 45.2 Å². The Bertz CT molecular complexity index is 543. The molecule has 1 aromatic rings. The molecule has 0 amide bonds. The molecular weight excluding hydrogens is 337 g/mol. The smallest absolute Gasteiger partial charge is 0.455 e. The summed E-state index contributed by atoms with van der Waals surface area (Å²) >= 11 is 0. The number of hydrogen-bond donors (Lipinski definition) is 1. The number of halogens is 5. The standard InChI is InChI=1S/C15H18F5NO3/c1-9(2)24-13(22)8-12(14(16,17)15(18,19)20)21-10-4-6-11(23-3)7-5-10/h4-7,9,12,21H,8H2,1-3H3/t12-/m0/s1. The largest absolute Gasteiger partial charge is 0.497 e. The minimum atomic E-state index is -5.81. The average molecular weight is 355 g/mol. The van der Waals surface area contributed by atoms with Crippen molar-refractivity contribution in [1.29, 1.82) is 0 Å². The molecule has 1 N–H and O–H groups in total. The maximum absolute atomic E-state index is 13.7. The highest BCUT2D eigenvalue weighted by Crippen LogP contribution is 2.40. The van der Waals surface area contributed by atoms with Crippen LogP contribution in [-0.4, -0.2) is 37.3 Å². The summed E-state index contributed by atoms with van der Waals surface area (Å²) in [4.78, 5) is 11.5. The van der Waals surface area contributed by atoms with Gasteiger partial charge in [-0.05, 0) is 38.1 Å². The number of benzene rings is 1. The summed E-state index contributed by atoms with van der Waals surface area (Å²) in [7, 11) is 1.38. The Morgan fingerprint density at radius 2 is 1.67 bits per heavy atom. The van der Waals surface area contributed by atoms with E-state index in [-0.39, 0.29) is 5.69 Å². The molecule has 24 heavy (non-hydrogen) atoms. The van der Waals surface area contributed by atoms with E-state index in [1.54, 1.807) is 0 Å². The molecule has 0 heterocycles. The number of rotatable bonds is 7. The number of ether oxygens (including phenoxy) is 2. The average Bonchev–Trinajstić information content (AvgIpc) is 2.45. The second kappa shape index (κ2) is 7.67. The molecular formula is C15H18F5NO3. The molecule has 0 fully saturated rings. The molecule has 0 aliphatic rings. The third-order valence-corrected chi connectivity index (χ3v) is 2.98. The first-order chi connectivity index (χ1) is 11.0. The molecule has 0 radical (unpaired) electrons. The van der Waals surface area contributed by atoms with Gasteiger partial charge in [0.05, 0.1) is 19.6 Å². The number of alkyl halides is 5. The highest BCUT2D eigenvalue weighted by Gasteiger charge is 2.62. The van der Waals surface area contributed by atoms with Crippen molar-refractivity contribution in [3.8, 4) is 5.75 Å². The molecule has 0 spiro atoms. The van der Waals surface area contributed by atoms with Gasteiger partial charge in [0.15, 0.2) is 0 Å². The first-order valence-electron chi connectivity index (χ1n) is 7.02. The molecule has 1 atom stereocenters. The highest BCUT2D eigenvalue weighted by molar-refractivity contribution is 5.71. The summed E-state index contributed by atoms with van der Waals surface area (Å²) < 4.78 is 74.9. The monoisotopic (exact) mass is 355 g/mol. The van der Waals surface area contributed by atoms with Crippen LogP contribution in [0.5, 0.6) is 5.75 Å². The highest BCUT2D eigenvalue weighted by atomic mass is 19.4. The molecule has 1 aromatic carbocycles. The second-order valence-electron chi connectivity index (χ2n) is 5.29. The lowest BCUT2D eigenvalue weighted by atomic mass is 10.1. The van der Waals surface area contributed by atoms with E-state index < -0.39 is 36.6 Å². The Morgan fingerprint density at radius 1 is 1.12 bits per heavy atom. The van der Waals surface area contributed by atoms with Crippen molar-refractivity contribution in [3.05, 3.63) is 24.3 Å². The van der Waals surface area contributed by atoms with Crippen LogP contribution in [0.3, 0.4) is 0 Å². The number of carbonyl (C=O) groups is 1. The molecule has 136 valence electrons. The van der Waals surface area contributed by atoms with Crippen LogP contribution >= 0.6 is 0 Å². The Kier molecular flexibility index (Phi) is 6.39. The number of anilines is 1. The van der Waals surface area contributed by atoms with Crippen LogP contribution in [0.1, 0.15) is 20.3 Å². The topological polar surface area (TPSA) is 47.6 Å². The zero-order valence-corrected chi connectivity index (χ0v) is 13.3. The second-order valence-corrected chi connectivity index (χ2v) is 5.29. The van der Waals surface area contributed by atoms with Crippen molar-refractivity contribution in [3.63, 3.8) is 0 Å². The van der Waals surface area contributed by atoms with Gasteiger partial charge in [-0.15, -0.1) is 0 Å². The molecule has 0 aromatic heterocycles. The third kappa shape index (κ3) is 5.24. The van der Waals surface area contributed by atoms with Gasteiger partial charge in [-0.1, -0.05) is 0 Å². The molecule has 0 saturated heterocycles. The van der Waals surface area contributed by atoms with Gasteiger partial charge in [-0.3, -0.25) is 4.79 Å². The summed E-state index contributed by atoms with van der Waals surface area (Å²) in [6, 6.07) is 2.81. The lowest BCUT2D eigenvalue weighted by Gasteiger charge is -2.29. The summed E-state index contributed by atoms with van der Waals surface area (Å²) in [6.45, 7) is 2.93. The Labute approximate surface area is 135 Å². The number of hydrogen-bond acceptors (Lipinski definition) is 4. The minimum Gasteiger partial charge on any atom is -0.497 e. The van der Waals surface area contributed by atoms with E-state index in [2.05, 4.69) is 10.1 Å². The molecule has 0 bridgehead atoms. The number of nitrogens with one attached hydrogen (secondary N) is 1. The predicted octanol–water partition coefficient (Wildman–Crippen LogP) is 4.02. The van der Waals surface area contributed by atoms with E-state index in [9.17, 15) is 26.7 Å². The van der Waals surface area contributed by atoms with Gasteiger partial charge in [0.2, 0.25) is 0 Å². The minimum absolute atomic E-state index is 0.0120. The van der Waals surface area contributed by atoms with E-state index in [0.717, 1.165) is 0 Å². The van der Waals surface area contributed by atoms with Crippen LogP contribution in [0.4, 0.5) is 27.6 Å². The van der Waals surface area contributed by atoms with Crippen LogP contribution in [0.15, 0.2) is 24.3 Å². The number of carbonyl (C=O) groups excluding carboxylic acids is 1. The molecule has 0 aliphatic carbocycles. The van der Waals surface area contributed by atoms with Gasteiger partial charge in [-0.25, -0.2) is 0 Å². The normalized spacial score (nSPS) is 13.5. The van der Waals surface area contributed by atoms with Gasteiger partial charge in [0, 0.05) is 5.69 Å². The van der Waals surface area contributed by atoms with Crippen molar-refractivity contribution in [1.82, 2.24) is 0 Å². The molecule has 0 unspecified atom stereocenters. The van der Waals surface area contributed by atoms with Crippen LogP contribution in [0.2, 0.25) is 0 Å². The summed E-state index contributed by atoms with van der Waals surface area (Å²) in [5, 5.41) is 2.05. The quantitative estimate of drug-likeness (QED) is 0.593. The van der Waals surface area contributed by atoms with Crippen molar-refractivity contribution in [2.24, 2.45) is 0 Å². The Balaban J connectivity index is 3.01. The van der Waals surface area contributed by atoms with Crippen molar-refractivity contribution in [2.45, 2.75) is 44.5 Å². The lowest BCUT2D eigenvalue weighted by molar-refractivity contribution is -0.287. The van der Waals surface area contributed by atoms with Gasteiger partial charge < -0.3 is 14.8 Å². The van der Waals surface area contributed by atoms with Crippen LogP contribution < -0.4 is 10.1 Å². The van der Waals surface area contributed by atoms with Gasteiger partial charge >= 0.3 is 18.1 Å². The summed E-state index contributed by atoms with van der Waals surface area (Å²) in [5.74, 6) is -5.87. The van der Waals surface area contributed by atoms with Gasteiger partial charge in [-0.2, -0.15) is 22.0 Å². The fraction of sp³-hybridized carbons (Fsp3) is 0.533. The van der Waals surface area contributed by atoms with E-state index >= 15 is 0 Å². The van der Waals surface area contributed by atoms with E-state index in [0.29, 0.717) is 5.75 Å². The maximum Gasteiger partial charge on any atom is 0.455 e.